The Morgan fingerprint density at radius 3 is 2.82 bits per heavy atom. The smallest absolute Gasteiger partial charge is 0.106 e. The van der Waals surface area contributed by atoms with E-state index < -0.39 is 0 Å². The van der Waals surface area contributed by atoms with Crippen LogP contribution >= 0.6 is 11.6 Å². The van der Waals surface area contributed by atoms with Gasteiger partial charge in [-0.1, -0.05) is 17.7 Å². The minimum Gasteiger partial charge on any atom is -0.381 e. The SMILES string of the molecule is Clc1cccc(NC2CCC2)c1-n1cccn1. The van der Waals surface area contributed by atoms with Gasteiger partial charge >= 0.3 is 0 Å². The Labute approximate surface area is 105 Å². The van der Waals surface area contributed by atoms with Crippen LogP contribution in [0.5, 0.6) is 0 Å². The topological polar surface area (TPSA) is 29.9 Å². The molecule has 88 valence electrons. The first kappa shape index (κ1) is 10.7. The van der Waals surface area contributed by atoms with E-state index in [0.717, 1.165) is 16.4 Å². The molecule has 1 N–H and O–H groups in total. The Morgan fingerprint density at radius 1 is 1.29 bits per heavy atom. The van der Waals surface area contributed by atoms with Gasteiger partial charge in [0.2, 0.25) is 0 Å². The third-order valence-corrected chi connectivity index (χ3v) is 3.49. The highest BCUT2D eigenvalue weighted by molar-refractivity contribution is 6.33. The second kappa shape index (κ2) is 4.41. The van der Waals surface area contributed by atoms with Gasteiger partial charge in [0.1, 0.15) is 5.69 Å². The number of halogens is 1. The van der Waals surface area contributed by atoms with E-state index in [-0.39, 0.29) is 0 Å². The van der Waals surface area contributed by atoms with Crippen LogP contribution in [0.4, 0.5) is 5.69 Å². The van der Waals surface area contributed by atoms with Gasteiger partial charge in [-0.3, -0.25) is 0 Å². The Balaban J connectivity index is 1.99. The number of para-hydroxylation sites is 1. The molecule has 0 spiro atoms. The van der Waals surface area contributed by atoms with E-state index in [9.17, 15) is 0 Å². The van der Waals surface area contributed by atoms with Gasteiger partial charge in [0.25, 0.3) is 0 Å². The molecule has 0 atom stereocenters. The molecule has 3 rings (SSSR count). The fourth-order valence-electron chi connectivity index (χ4n) is 2.04. The summed E-state index contributed by atoms with van der Waals surface area (Å²) in [6, 6.07) is 8.40. The van der Waals surface area contributed by atoms with Crippen LogP contribution in [0.2, 0.25) is 5.02 Å². The molecule has 0 unspecified atom stereocenters. The van der Waals surface area contributed by atoms with Crippen molar-refractivity contribution in [2.24, 2.45) is 0 Å². The zero-order chi connectivity index (χ0) is 11.7. The molecule has 1 aliphatic rings. The van der Waals surface area contributed by atoms with Crippen molar-refractivity contribution in [2.75, 3.05) is 5.32 Å². The lowest BCUT2D eigenvalue weighted by Crippen LogP contribution is -2.27. The van der Waals surface area contributed by atoms with Gasteiger partial charge in [-0.05, 0) is 37.5 Å². The number of hydrogen-bond donors (Lipinski definition) is 1. The van der Waals surface area contributed by atoms with Crippen LogP contribution in [-0.4, -0.2) is 15.8 Å². The molecular weight excluding hydrogens is 234 g/mol. The number of nitrogens with one attached hydrogen (secondary N) is 1. The molecule has 4 heteroatoms. The summed E-state index contributed by atoms with van der Waals surface area (Å²) in [5.41, 5.74) is 2.00. The van der Waals surface area contributed by atoms with Crippen molar-refractivity contribution >= 4 is 17.3 Å². The Hall–Kier alpha value is -1.48. The summed E-state index contributed by atoms with van der Waals surface area (Å²) in [6.45, 7) is 0. The maximum absolute atomic E-state index is 6.26. The maximum Gasteiger partial charge on any atom is 0.106 e. The third kappa shape index (κ3) is 2.03. The summed E-state index contributed by atoms with van der Waals surface area (Å²) in [7, 11) is 0. The van der Waals surface area contributed by atoms with Crippen LogP contribution in [-0.2, 0) is 0 Å². The first-order valence-electron chi connectivity index (χ1n) is 5.89. The van der Waals surface area contributed by atoms with E-state index in [0.29, 0.717) is 6.04 Å². The van der Waals surface area contributed by atoms with Crippen molar-refractivity contribution in [2.45, 2.75) is 25.3 Å². The van der Waals surface area contributed by atoms with Gasteiger partial charge in [0.05, 0.1) is 10.7 Å². The van der Waals surface area contributed by atoms with Crippen molar-refractivity contribution in [1.82, 2.24) is 9.78 Å². The molecule has 2 aromatic rings. The molecule has 1 aromatic heterocycles. The van der Waals surface area contributed by atoms with Crippen molar-refractivity contribution in [3.05, 3.63) is 41.7 Å². The molecule has 3 nitrogen and oxygen atoms in total. The Kier molecular flexibility index (Phi) is 2.77. The zero-order valence-corrected chi connectivity index (χ0v) is 10.2. The number of rotatable bonds is 3. The second-order valence-electron chi connectivity index (χ2n) is 4.36. The highest BCUT2D eigenvalue weighted by Gasteiger charge is 2.19. The van der Waals surface area contributed by atoms with Gasteiger partial charge in [0, 0.05) is 18.4 Å². The molecule has 1 heterocycles. The molecule has 0 saturated heterocycles. The predicted molar refractivity (Wildman–Crippen MR) is 69.8 cm³/mol. The molecule has 0 radical (unpaired) electrons. The van der Waals surface area contributed by atoms with Crippen LogP contribution in [0.15, 0.2) is 36.7 Å². The Bertz CT molecular complexity index is 503. The van der Waals surface area contributed by atoms with Gasteiger partial charge < -0.3 is 5.32 Å². The van der Waals surface area contributed by atoms with Crippen molar-refractivity contribution < 1.29 is 0 Å². The molecule has 1 aliphatic carbocycles. The first-order chi connectivity index (χ1) is 8.34. The minimum atomic E-state index is 0.586. The summed E-state index contributed by atoms with van der Waals surface area (Å²) in [6.07, 6.45) is 7.47. The molecule has 0 bridgehead atoms. The fourth-order valence-corrected chi connectivity index (χ4v) is 2.30. The van der Waals surface area contributed by atoms with E-state index in [1.807, 2.05) is 29.1 Å². The highest BCUT2D eigenvalue weighted by Crippen LogP contribution is 2.31. The summed E-state index contributed by atoms with van der Waals surface area (Å²) in [5.74, 6) is 0. The molecule has 1 fully saturated rings. The van der Waals surface area contributed by atoms with Crippen molar-refractivity contribution in [1.29, 1.82) is 0 Å². The van der Waals surface area contributed by atoms with E-state index in [2.05, 4.69) is 16.5 Å². The normalized spacial score (nSPS) is 15.6. The van der Waals surface area contributed by atoms with Gasteiger partial charge in [-0.2, -0.15) is 5.10 Å². The first-order valence-corrected chi connectivity index (χ1v) is 6.27. The quantitative estimate of drug-likeness (QED) is 0.900. The van der Waals surface area contributed by atoms with Gasteiger partial charge in [-0.25, -0.2) is 4.68 Å². The van der Waals surface area contributed by atoms with Gasteiger partial charge in [-0.15, -0.1) is 0 Å². The van der Waals surface area contributed by atoms with Crippen LogP contribution in [0.25, 0.3) is 5.69 Å². The lowest BCUT2D eigenvalue weighted by Gasteiger charge is -2.28. The van der Waals surface area contributed by atoms with Crippen LogP contribution in [0, 0.1) is 0 Å². The number of nitrogens with zero attached hydrogens (tertiary/aromatic N) is 2. The molecule has 17 heavy (non-hydrogen) atoms. The molecular formula is C13H14ClN3. The van der Waals surface area contributed by atoms with Crippen molar-refractivity contribution in [3.8, 4) is 5.69 Å². The molecule has 0 amide bonds. The average molecular weight is 248 g/mol. The number of hydrogen-bond acceptors (Lipinski definition) is 2. The third-order valence-electron chi connectivity index (χ3n) is 3.19. The van der Waals surface area contributed by atoms with Crippen LogP contribution < -0.4 is 5.32 Å². The van der Waals surface area contributed by atoms with E-state index in [4.69, 9.17) is 11.6 Å². The second-order valence-corrected chi connectivity index (χ2v) is 4.77. The standard InChI is InChI=1S/C13H14ClN3/c14-11-6-2-7-12(16-10-4-1-5-10)13(11)17-9-3-8-15-17/h2-3,6-10,16H,1,4-5H2. The minimum absolute atomic E-state index is 0.586. The lowest BCUT2D eigenvalue weighted by atomic mass is 9.93. The maximum atomic E-state index is 6.26. The van der Waals surface area contributed by atoms with E-state index >= 15 is 0 Å². The molecule has 1 saturated carbocycles. The van der Waals surface area contributed by atoms with Crippen LogP contribution in [0.3, 0.4) is 0 Å². The fraction of sp³-hybridized carbons (Fsp3) is 0.308. The summed E-state index contributed by atoms with van der Waals surface area (Å²) < 4.78 is 1.81. The average Bonchev–Trinajstić information content (AvgIpc) is 2.76. The molecule has 0 aliphatic heterocycles. The molecule has 1 aromatic carbocycles. The van der Waals surface area contributed by atoms with Crippen molar-refractivity contribution in [3.63, 3.8) is 0 Å². The summed E-state index contributed by atoms with van der Waals surface area (Å²) in [4.78, 5) is 0. The predicted octanol–water partition coefficient (Wildman–Crippen LogP) is 3.49. The number of anilines is 1. The van der Waals surface area contributed by atoms with Crippen LogP contribution in [0.1, 0.15) is 19.3 Å². The number of aromatic nitrogens is 2. The zero-order valence-electron chi connectivity index (χ0n) is 9.44. The Morgan fingerprint density at radius 2 is 2.18 bits per heavy atom. The largest absolute Gasteiger partial charge is 0.381 e. The highest BCUT2D eigenvalue weighted by atomic mass is 35.5. The summed E-state index contributed by atoms with van der Waals surface area (Å²) >= 11 is 6.26. The summed E-state index contributed by atoms with van der Waals surface area (Å²) in [5, 5.41) is 8.50. The monoisotopic (exact) mass is 247 g/mol. The van der Waals surface area contributed by atoms with E-state index in [1.54, 1.807) is 6.20 Å². The number of benzene rings is 1. The van der Waals surface area contributed by atoms with Gasteiger partial charge in [0.15, 0.2) is 0 Å². The lowest BCUT2D eigenvalue weighted by molar-refractivity contribution is 0.445. The van der Waals surface area contributed by atoms with E-state index in [1.165, 1.54) is 19.3 Å².